The largest absolute Gasteiger partial charge is 0.462 e. The van der Waals surface area contributed by atoms with Gasteiger partial charge in [-0.2, -0.15) is 0 Å². The number of carbonyl (C=O) groups is 2. The highest BCUT2D eigenvalue weighted by molar-refractivity contribution is 7.17. The maximum absolute atomic E-state index is 13.8. The molecule has 0 radical (unpaired) electrons. The number of ether oxygens (including phenoxy) is 1. The maximum atomic E-state index is 13.8. The van der Waals surface area contributed by atoms with Crippen LogP contribution in [0.2, 0.25) is 0 Å². The smallest absolute Gasteiger partial charge is 0.341 e. The van der Waals surface area contributed by atoms with Crippen molar-refractivity contribution in [3.05, 3.63) is 81.7 Å². The van der Waals surface area contributed by atoms with E-state index in [-0.39, 0.29) is 11.9 Å². The Bertz CT molecular complexity index is 1420. The van der Waals surface area contributed by atoms with Crippen molar-refractivity contribution >= 4 is 39.1 Å². The lowest BCUT2D eigenvalue weighted by Gasteiger charge is -2.12. The Kier molecular flexibility index (Phi) is 7.14. The number of para-hydroxylation sites is 1. The van der Waals surface area contributed by atoms with E-state index >= 15 is 0 Å². The summed E-state index contributed by atoms with van der Waals surface area (Å²) in [6.07, 6.45) is 5.81. The number of nitrogens with one attached hydrogen (secondary N) is 1. The normalized spacial score (nSPS) is 13.2. The van der Waals surface area contributed by atoms with Crippen LogP contribution >= 0.6 is 11.3 Å². The number of aryl methyl sites for hydroxylation is 2. The zero-order valence-electron chi connectivity index (χ0n) is 20.7. The first kappa shape index (κ1) is 24.2. The van der Waals surface area contributed by atoms with Gasteiger partial charge in [0.1, 0.15) is 5.00 Å². The number of rotatable bonds is 6. The Morgan fingerprint density at radius 3 is 2.61 bits per heavy atom. The molecule has 0 atom stereocenters. The maximum Gasteiger partial charge on any atom is 0.341 e. The van der Waals surface area contributed by atoms with E-state index in [1.165, 1.54) is 16.2 Å². The number of esters is 1. The zero-order valence-corrected chi connectivity index (χ0v) is 21.5. The second-order valence-corrected chi connectivity index (χ2v) is 10.4. The van der Waals surface area contributed by atoms with Crippen molar-refractivity contribution in [3.63, 3.8) is 0 Å². The number of hydrogen-bond donors (Lipinski definition) is 1. The summed E-state index contributed by atoms with van der Waals surface area (Å²) in [4.78, 5) is 32.8. The Hall–Kier alpha value is -3.51. The zero-order chi connectivity index (χ0) is 25.1. The summed E-state index contributed by atoms with van der Waals surface area (Å²) in [5, 5.41) is 4.46. The van der Waals surface area contributed by atoms with Gasteiger partial charge in [0, 0.05) is 15.8 Å². The molecular weight excluding hydrogens is 468 g/mol. The molecule has 0 spiro atoms. The van der Waals surface area contributed by atoms with Crippen LogP contribution in [0.1, 0.15) is 69.3 Å². The predicted molar refractivity (Wildman–Crippen MR) is 146 cm³/mol. The summed E-state index contributed by atoms with van der Waals surface area (Å²) in [7, 11) is 0. The first-order valence-electron chi connectivity index (χ1n) is 12.6. The summed E-state index contributed by atoms with van der Waals surface area (Å²) in [6, 6.07) is 17.6. The molecule has 1 aliphatic rings. The second kappa shape index (κ2) is 10.6. The van der Waals surface area contributed by atoms with Gasteiger partial charge < -0.3 is 10.1 Å². The number of amides is 1. The lowest BCUT2D eigenvalue weighted by molar-refractivity contribution is 0.0505. The quantitative estimate of drug-likeness (QED) is 0.223. The first-order valence-corrected chi connectivity index (χ1v) is 13.5. The lowest BCUT2D eigenvalue weighted by atomic mass is 10.0. The predicted octanol–water partition coefficient (Wildman–Crippen LogP) is 7.36. The van der Waals surface area contributed by atoms with Crippen LogP contribution in [-0.2, 0) is 17.6 Å². The number of pyridine rings is 1. The third kappa shape index (κ3) is 4.91. The van der Waals surface area contributed by atoms with E-state index in [4.69, 9.17) is 9.72 Å². The molecule has 1 N–H and O–H groups in total. The van der Waals surface area contributed by atoms with Crippen LogP contribution < -0.4 is 5.32 Å². The molecule has 184 valence electrons. The van der Waals surface area contributed by atoms with E-state index < -0.39 is 0 Å². The van der Waals surface area contributed by atoms with Crippen molar-refractivity contribution in [2.75, 3.05) is 11.9 Å². The molecule has 5 nitrogen and oxygen atoms in total. The van der Waals surface area contributed by atoms with Gasteiger partial charge in [0.2, 0.25) is 0 Å². The molecule has 4 aromatic rings. The van der Waals surface area contributed by atoms with Gasteiger partial charge in [-0.1, -0.05) is 61.4 Å². The fourth-order valence-corrected chi connectivity index (χ4v) is 5.99. The standard InChI is InChI=1S/C30H30N2O3S/c1-3-17-35-30(34)27-22-10-5-4-6-12-26(22)36-29(27)32-28(33)23-18-25(20-15-13-19(2)14-16-20)31-24-11-8-7-9-21(23)24/h7-9,11,13-16,18H,3-6,10,12,17H2,1-2H3,(H,32,33). The Morgan fingerprint density at radius 1 is 1.03 bits per heavy atom. The van der Waals surface area contributed by atoms with Crippen molar-refractivity contribution in [2.24, 2.45) is 0 Å². The molecule has 2 aromatic carbocycles. The highest BCUT2D eigenvalue weighted by Crippen LogP contribution is 2.38. The first-order chi connectivity index (χ1) is 17.5. The number of anilines is 1. The molecule has 1 amide bonds. The minimum Gasteiger partial charge on any atom is -0.462 e. The summed E-state index contributed by atoms with van der Waals surface area (Å²) >= 11 is 1.52. The van der Waals surface area contributed by atoms with Crippen LogP contribution in [0.3, 0.4) is 0 Å². The molecule has 2 heterocycles. The Balaban J connectivity index is 1.56. The van der Waals surface area contributed by atoms with E-state index in [1.54, 1.807) is 0 Å². The van der Waals surface area contributed by atoms with Gasteiger partial charge >= 0.3 is 5.97 Å². The minimum absolute atomic E-state index is 0.247. The van der Waals surface area contributed by atoms with Gasteiger partial charge in [0.25, 0.3) is 5.91 Å². The number of benzene rings is 2. The number of thiophene rings is 1. The highest BCUT2D eigenvalue weighted by Gasteiger charge is 2.27. The van der Waals surface area contributed by atoms with Crippen LogP contribution in [-0.4, -0.2) is 23.5 Å². The van der Waals surface area contributed by atoms with E-state index in [0.29, 0.717) is 22.7 Å². The molecule has 2 aromatic heterocycles. The number of carbonyl (C=O) groups excluding carboxylic acids is 2. The third-order valence-corrected chi connectivity index (χ3v) is 7.81. The molecule has 0 saturated carbocycles. The molecular formula is C30H30N2O3S. The second-order valence-electron chi connectivity index (χ2n) is 9.30. The molecule has 0 fully saturated rings. The van der Waals surface area contributed by atoms with Gasteiger partial charge in [-0.15, -0.1) is 11.3 Å². The van der Waals surface area contributed by atoms with Crippen molar-refractivity contribution in [1.82, 2.24) is 4.98 Å². The summed E-state index contributed by atoms with van der Waals surface area (Å²) < 4.78 is 5.53. The van der Waals surface area contributed by atoms with Crippen molar-refractivity contribution < 1.29 is 14.3 Å². The average Bonchev–Trinajstić information content (AvgIpc) is 3.06. The topological polar surface area (TPSA) is 68.3 Å². The van der Waals surface area contributed by atoms with E-state index in [1.807, 2.05) is 68.4 Å². The summed E-state index contributed by atoms with van der Waals surface area (Å²) in [5.74, 6) is -0.589. The lowest BCUT2D eigenvalue weighted by Crippen LogP contribution is -2.16. The van der Waals surface area contributed by atoms with Gasteiger partial charge in [0.05, 0.1) is 28.9 Å². The van der Waals surface area contributed by atoms with Gasteiger partial charge in [-0.3, -0.25) is 4.79 Å². The summed E-state index contributed by atoms with van der Waals surface area (Å²) in [6.45, 7) is 4.39. The van der Waals surface area contributed by atoms with Crippen LogP contribution in [0.15, 0.2) is 54.6 Å². The van der Waals surface area contributed by atoms with Crippen molar-refractivity contribution in [3.8, 4) is 11.3 Å². The van der Waals surface area contributed by atoms with E-state index in [2.05, 4.69) is 5.32 Å². The van der Waals surface area contributed by atoms with Crippen LogP contribution in [0.4, 0.5) is 5.00 Å². The Morgan fingerprint density at radius 2 is 1.81 bits per heavy atom. The van der Waals surface area contributed by atoms with E-state index in [9.17, 15) is 9.59 Å². The highest BCUT2D eigenvalue weighted by atomic mass is 32.1. The van der Waals surface area contributed by atoms with Crippen LogP contribution in [0, 0.1) is 6.92 Å². The molecule has 36 heavy (non-hydrogen) atoms. The SMILES string of the molecule is CCCOC(=O)c1c(NC(=O)c2cc(-c3ccc(C)cc3)nc3ccccc23)sc2c1CCCCC2. The monoisotopic (exact) mass is 498 g/mol. The fourth-order valence-electron chi connectivity index (χ4n) is 4.72. The molecule has 0 aliphatic heterocycles. The molecule has 1 aliphatic carbocycles. The van der Waals surface area contributed by atoms with Crippen molar-refractivity contribution in [1.29, 1.82) is 0 Å². The van der Waals surface area contributed by atoms with Crippen LogP contribution in [0.25, 0.3) is 22.2 Å². The molecule has 0 unspecified atom stereocenters. The number of aromatic nitrogens is 1. The van der Waals surface area contributed by atoms with Crippen LogP contribution in [0.5, 0.6) is 0 Å². The number of hydrogen-bond acceptors (Lipinski definition) is 5. The molecule has 0 saturated heterocycles. The Labute approximate surface area is 215 Å². The molecule has 0 bridgehead atoms. The van der Waals surface area contributed by atoms with Crippen molar-refractivity contribution in [2.45, 2.75) is 52.4 Å². The third-order valence-electron chi connectivity index (χ3n) is 6.60. The van der Waals surface area contributed by atoms with Gasteiger partial charge in [-0.25, -0.2) is 9.78 Å². The average molecular weight is 499 g/mol. The summed E-state index contributed by atoms with van der Waals surface area (Å²) in [5.41, 5.74) is 5.73. The minimum atomic E-state index is -0.341. The van der Waals surface area contributed by atoms with Gasteiger partial charge in [0.15, 0.2) is 0 Å². The molecule has 5 rings (SSSR count). The number of nitrogens with zero attached hydrogens (tertiary/aromatic N) is 1. The number of fused-ring (bicyclic) bond motifs is 2. The molecule has 6 heteroatoms. The fraction of sp³-hybridized carbons (Fsp3) is 0.300. The van der Waals surface area contributed by atoms with Gasteiger partial charge in [-0.05, 0) is 56.7 Å². The van der Waals surface area contributed by atoms with E-state index in [0.717, 1.165) is 71.8 Å².